The Kier molecular flexibility index (Phi) is 4.04. The average Bonchev–Trinajstić information content (AvgIpc) is 2.87. The fourth-order valence-corrected chi connectivity index (χ4v) is 2.20. The molecule has 0 aliphatic carbocycles. The van der Waals surface area contributed by atoms with E-state index in [9.17, 15) is 9.59 Å². The minimum absolute atomic E-state index is 0.0302. The quantitative estimate of drug-likeness (QED) is 0.885. The number of rotatable bonds is 3. The molecule has 0 aromatic heterocycles. The number of benzene rings is 1. The summed E-state index contributed by atoms with van der Waals surface area (Å²) < 4.78 is 5.09. The lowest BCUT2D eigenvalue weighted by molar-refractivity contribution is -0.127. The zero-order valence-electron chi connectivity index (χ0n) is 11.2. The molecule has 1 aliphatic rings. The molecule has 0 saturated carbocycles. The third kappa shape index (κ3) is 3.24. The van der Waals surface area contributed by atoms with Crippen molar-refractivity contribution in [3.05, 3.63) is 29.8 Å². The lowest BCUT2D eigenvalue weighted by Gasteiger charge is -2.15. The highest BCUT2D eigenvalue weighted by Gasteiger charge is 2.25. The van der Waals surface area contributed by atoms with Gasteiger partial charge in [0, 0.05) is 31.6 Å². The molecule has 19 heavy (non-hydrogen) atoms. The van der Waals surface area contributed by atoms with Crippen LogP contribution in [0, 0.1) is 0 Å². The maximum Gasteiger partial charge on any atom is 0.251 e. The largest absolute Gasteiger partial charge is 0.497 e. The second-order valence-electron chi connectivity index (χ2n) is 4.66. The summed E-state index contributed by atoms with van der Waals surface area (Å²) in [6, 6.07) is 7.05. The van der Waals surface area contributed by atoms with Crippen molar-refractivity contribution in [2.45, 2.75) is 19.4 Å². The molecule has 1 N–H and O–H groups in total. The molecule has 1 unspecified atom stereocenters. The van der Waals surface area contributed by atoms with E-state index >= 15 is 0 Å². The van der Waals surface area contributed by atoms with Crippen molar-refractivity contribution in [3.63, 3.8) is 0 Å². The van der Waals surface area contributed by atoms with Crippen molar-refractivity contribution >= 4 is 11.8 Å². The van der Waals surface area contributed by atoms with E-state index in [2.05, 4.69) is 5.32 Å². The number of amides is 2. The van der Waals surface area contributed by atoms with Gasteiger partial charge in [0.1, 0.15) is 5.75 Å². The van der Waals surface area contributed by atoms with Gasteiger partial charge in [-0.2, -0.15) is 0 Å². The Labute approximate surface area is 112 Å². The van der Waals surface area contributed by atoms with E-state index in [4.69, 9.17) is 4.74 Å². The van der Waals surface area contributed by atoms with Crippen LogP contribution in [0.5, 0.6) is 5.75 Å². The van der Waals surface area contributed by atoms with Crippen LogP contribution in [0.2, 0.25) is 0 Å². The normalized spacial score (nSPS) is 18.2. The molecular weight excluding hydrogens is 244 g/mol. The molecule has 5 nitrogen and oxygen atoms in total. The van der Waals surface area contributed by atoms with Crippen LogP contribution < -0.4 is 10.1 Å². The van der Waals surface area contributed by atoms with E-state index in [1.54, 1.807) is 43.2 Å². The molecule has 1 atom stereocenters. The molecule has 0 radical (unpaired) electrons. The Balaban J connectivity index is 1.96. The lowest BCUT2D eigenvalue weighted by Crippen LogP contribution is -2.37. The number of hydrogen-bond donors (Lipinski definition) is 1. The Hall–Kier alpha value is -2.04. The maximum absolute atomic E-state index is 12.1. The van der Waals surface area contributed by atoms with Gasteiger partial charge in [0.15, 0.2) is 0 Å². The molecule has 2 rings (SSSR count). The van der Waals surface area contributed by atoms with Crippen LogP contribution in [0.4, 0.5) is 0 Å². The summed E-state index contributed by atoms with van der Waals surface area (Å²) in [4.78, 5) is 25.0. The van der Waals surface area contributed by atoms with Gasteiger partial charge < -0.3 is 15.0 Å². The van der Waals surface area contributed by atoms with Crippen molar-refractivity contribution < 1.29 is 14.3 Å². The molecule has 102 valence electrons. The fraction of sp³-hybridized carbons (Fsp3) is 0.429. The van der Waals surface area contributed by atoms with Crippen LogP contribution >= 0.6 is 0 Å². The summed E-state index contributed by atoms with van der Waals surface area (Å²) in [7, 11) is 1.57. The molecule has 1 saturated heterocycles. The average molecular weight is 262 g/mol. The highest BCUT2D eigenvalue weighted by Crippen LogP contribution is 2.14. The van der Waals surface area contributed by atoms with E-state index in [1.807, 2.05) is 0 Å². The number of methoxy groups -OCH3 is 1. The van der Waals surface area contributed by atoms with E-state index in [1.165, 1.54) is 0 Å². The number of carbonyl (C=O) groups is 2. The summed E-state index contributed by atoms with van der Waals surface area (Å²) in [6.07, 6.45) is 0.801. The van der Waals surface area contributed by atoms with Crippen LogP contribution in [0.1, 0.15) is 23.7 Å². The first-order valence-corrected chi connectivity index (χ1v) is 6.30. The van der Waals surface area contributed by atoms with Gasteiger partial charge >= 0.3 is 0 Å². The van der Waals surface area contributed by atoms with Gasteiger partial charge in [-0.05, 0) is 24.6 Å². The maximum atomic E-state index is 12.1. The van der Waals surface area contributed by atoms with Crippen LogP contribution in [-0.2, 0) is 4.79 Å². The highest BCUT2D eigenvalue weighted by molar-refractivity contribution is 5.94. The first-order valence-electron chi connectivity index (χ1n) is 6.30. The molecule has 1 aromatic carbocycles. The smallest absolute Gasteiger partial charge is 0.251 e. The SMILES string of the molecule is COc1cccc(C(=O)NC2CCN(C(C)=O)C2)c1. The highest BCUT2D eigenvalue weighted by atomic mass is 16.5. The third-order valence-electron chi connectivity index (χ3n) is 3.30. The van der Waals surface area contributed by atoms with E-state index in [0.717, 1.165) is 6.42 Å². The molecular formula is C14H18N2O3. The first-order chi connectivity index (χ1) is 9.10. The summed E-state index contributed by atoms with van der Waals surface area (Å²) in [5.41, 5.74) is 0.570. The van der Waals surface area contributed by atoms with Gasteiger partial charge in [-0.1, -0.05) is 6.07 Å². The molecule has 1 aliphatic heterocycles. The van der Waals surface area contributed by atoms with E-state index < -0.39 is 0 Å². The third-order valence-corrected chi connectivity index (χ3v) is 3.30. The Morgan fingerprint density at radius 1 is 1.42 bits per heavy atom. The van der Waals surface area contributed by atoms with Gasteiger partial charge in [0.25, 0.3) is 5.91 Å². The molecule has 0 spiro atoms. The van der Waals surface area contributed by atoms with Crippen LogP contribution in [0.15, 0.2) is 24.3 Å². The minimum Gasteiger partial charge on any atom is -0.497 e. The number of hydrogen-bond acceptors (Lipinski definition) is 3. The molecule has 1 aromatic rings. The fourth-order valence-electron chi connectivity index (χ4n) is 2.20. The van der Waals surface area contributed by atoms with E-state index in [-0.39, 0.29) is 17.9 Å². The molecule has 5 heteroatoms. The van der Waals surface area contributed by atoms with Crippen molar-refractivity contribution in [1.82, 2.24) is 10.2 Å². The van der Waals surface area contributed by atoms with Gasteiger partial charge in [-0.15, -0.1) is 0 Å². The predicted octanol–water partition coefficient (Wildman–Crippen LogP) is 1.05. The summed E-state index contributed by atoms with van der Waals surface area (Å²) in [6.45, 7) is 2.84. The monoisotopic (exact) mass is 262 g/mol. The Morgan fingerprint density at radius 3 is 2.84 bits per heavy atom. The van der Waals surface area contributed by atoms with Gasteiger partial charge in [-0.25, -0.2) is 0 Å². The van der Waals surface area contributed by atoms with Crippen molar-refractivity contribution in [1.29, 1.82) is 0 Å². The zero-order chi connectivity index (χ0) is 13.8. The molecule has 2 amide bonds. The second-order valence-corrected chi connectivity index (χ2v) is 4.66. The second kappa shape index (κ2) is 5.73. The lowest BCUT2D eigenvalue weighted by atomic mass is 10.2. The summed E-state index contributed by atoms with van der Waals surface area (Å²) in [5, 5.41) is 2.94. The van der Waals surface area contributed by atoms with Crippen LogP contribution in [0.25, 0.3) is 0 Å². The Bertz CT molecular complexity index is 487. The summed E-state index contributed by atoms with van der Waals surface area (Å²) >= 11 is 0. The van der Waals surface area contributed by atoms with Gasteiger partial charge in [-0.3, -0.25) is 9.59 Å². The topological polar surface area (TPSA) is 58.6 Å². The standard InChI is InChI=1S/C14H18N2O3/c1-10(17)16-7-6-12(9-16)15-14(18)11-4-3-5-13(8-11)19-2/h3-5,8,12H,6-7,9H2,1-2H3,(H,15,18). The Morgan fingerprint density at radius 2 is 2.21 bits per heavy atom. The first kappa shape index (κ1) is 13.4. The minimum atomic E-state index is -0.130. The van der Waals surface area contributed by atoms with Gasteiger partial charge in [0.05, 0.1) is 7.11 Å². The molecule has 1 heterocycles. The summed E-state index contributed by atoms with van der Waals surface area (Å²) in [5.74, 6) is 0.580. The molecule has 1 fully saturated rings. The van der Waals surface area contributed by atoms with E-state index in [0.29, 0.717) is 24.4 Å². The van der Waals surface area contributed by atoms with Crippen LogP contribution in [0.3, 0.4) is 0 Å². The van der Waals surface area contributed by atoms with Crippen LogP contribution in [-0.4, -0.2) is 43.0 Å². The van der Waals surface area contributed by atoms with Crippen molar-refractivity contribution in [2.24, 2.45) is 0 Å². The zero-order valence-corrected chi connectivity index (χ0v) is 11.2. The molecule has 0 bridgehead atoms. The number of likely N-dealkylation sites (tertiary alicyclic amines) is 1. The number of nitrogens with one attached hydrogen (secondary N) is 1. The number of ether oxygens (including phenoxy) is 1. The number of carbonyl (C=O) groups excluding carboxylic acids is 2. The van der Waals surface area contributed by atoms with Crippen molar-refractivity contribution in [2.75, 3.05) is 20.2 Å². The number of nitrogens with zero attached hydrogens (tertiary/aromatic N) is 1. The van der Waals surface area contributed by atoms with Crippen molar-refractivity contribution in [3.8, 4) is 5.75 Å². The predicted molar refractivity (Wildman–Crippen MR) is 71.1 cm³/mol. The van der Waals surface area contributed by atoms with Gasteiger partial charge in [0.2, 0.25) is 5.91 Å².